The second-order valence-corrected chi connectivity index (χ2v) is 4.88. The molecule has 0 saturated heterocycles. The van der Waals surface area contributed by atoms with Crippen molar-refractivity contribution in [3.8, 4) is 16.9 Å². The maximum absolute atomic E-state index is 11.7. The predicted octanol–water partition coefficient (Wildman–Crippen LogP) is 3.03. The molecule has 0 aliphatic rings. The summed E-state index contributed by atoms with van der Waals surface area (Å²) in [5.41, 5.74) is 4.15. The summed E-state index contributed by atoms with van der Waals surface area (Å²) in [6, 6.07) is 11.2. The van der Waals surface area contributed by atoms with Crippen molar-refractivity contribution < 1.29 is 9.53 Å². The Morgan fingerprint density at radius 3 is 2.82 bits per heavy atom. The first-order valence-electron chi connectivity index (χ1n) is 6.84. The average Bonchev–Trinajstić information content (AvgIpc) is 3.05. The van der Waals surface area contributed by atoms with Crippen LogP contribution in [0.3, 0.4) is 0 Å². The number of carbonyl (C=O) groups excluding carboxylic acids is 1. The first kappa shape index (κ1) is 14.0. The molecule has 0 spiro atoms. The van der Waals surface area contributed by atoms with E-state index in [1.54, 1.807) is 29.2 Å². The van der Waals surface area contributed by atoms with E-state index in [4.69, 9.17) is 4.74 Å². The number of esters is 1. The summed E-state index contributed by atoms with van der Waals surface area (Å²) >= 11 is 0. The van der Waals surface area contributed by atoms with Crippen molar-refractivity contribution in [3.63, 3.8) is 0 Å². The zero-order chi connectivity index (χ0) is 15.5. The molecular formula is C17H15N3O2. The Balaban J connectivity index is 2.01. The second-order valence-electron chi connectivity index (χ2n) is 4.88. The molecule has 3 aromatic rings. The van der Waals surface area contributed by atoms with Crippen LogP contribution in [0.1, 0.15) is 15.9 Å². The molecule has 3 rings (SSSR count). The Labute approximate surface area is 128 Å². The summed E-state index contributed by atoms with van der Waals surface area (Å²) in [5, 5.41) is 4.56. The van der Waals surface area contributed by atoms with Crippen LogP contribution in [0.5, 0.6) is 0 Å². The third kappa shape index (κ3) is 2.61. The van der Waals surface area contributed by atoms with Crippen LogP contribution in [-0.2, 0) is 4.74 Å². The Hall–Kier alpha value is -2.95. The number of hydrogen-bond acceptors (Lipinski definition) is 4. The van der Waals surface area contributed by atoms with Gasteiger partial charge in [-0.2, -0.15) is 5.10 Å². The van der Waals surface area contributed by atoms with Gasteiger partial charge in [0.25, 0.3) is 0 Å². The van der Waals surface area contributed by atoms with Gasteiger partial charge in [-0.15, -0.1) is 0 Å². The third-order valence-corrected chi connectivity index (χ3v) is 3.42. The summed E-state index contributed by atoms with van der Waals surface area (Å²) in [6.07, 6.45) is 5.36. The van der Waals surface area contributed by atoms with Crippen LogP contribution in [-0.4, -0.2) is 27.8 Å². The van der Waals surface area contributed by atoms with Crippen molar-refractivity contribution in [2.24, 2.45) is 0 Å². The molecule has 22 heavy (non-hydrogen) atoms. The SMILES string of the molecule is COC(=O)c1ccc(C)c(-n2ccc(-c3cccnc3)n2)c1. The summed E-state index contributed by atoms with van der Waals surface area (Å²) in [7, 11) is 1.37. The lowest BCUT2D eigenvalue weighted by Crippen LogP contribution is -2.05. The van der Waals surface area contributed by atoms with Crippen molar-refractivity contribution in [3.05, 3.63) is 66.1 Å². The van der Waals surface area contributed by atoms with Crippen molar-refractivity contribution >= 4 is 5.97 Å². The van der Waals surface area contributed by atoms with Gasteiger partial charge in [0.05, 0.1) is 24.1 Å². The van der Waals surface area contributed by atoms with Gasteiger partial charge in [-0.05, 0) is 42.8 Å². The van der Waals surface area contributed by atoms with Gasteiger partial charge in [0, 0.05) is 24.2 Å². The van der Waals surface area contributed by atoms with E-state index in [-0.39, 0.29) is 5.97 Å². The molecule has 2 aromatic heterocycles. The molecule has 0 aliphatic heterocycles. The van der Waals surface area contributed by atoms with Crippen molar-refractivity contribution in [1.82, 2.24) is 14.8 Å². The molecule has 0 radical (unpaired) electrons. The number of hydrogen-bond donors (Lipinski definition) is 0. The van der Waals surface area contributed by atoms with Crippen molar-refractivity contribution in [1.29, 1.82) is 0 Å². The highest BCUT2D eigenvalue weighted by Gasteiger charge is 2.11. The van der Waals surface area contributed by atoms with Gasteiger partial charge in [0.1, 0.15) is 0 Å². The molecular weight excluding hydrogens is 278 g/mol. The van der Waals surface area contributed by atoms with Gasteiger partial charge in [0.2, 0.25) is 0 Å². The summed E-state index contributed by atoms with van der Waals surface area (Å²) < 4.78 is 6.52. The molecule has 5 nitrogen and oxygen atoms in total. The standard InChI is InChI=1S/C17H15N3O2/c1-12-5-6-13(17(21)22-2)10-16(12)20-9-7-15(19-20)14-4-3-8-18-11-14/h3-11H,1-2H3. The average molecular weight is 293 g/mol. The molecule has 2 heterocycles. The van der Waals surface area contributed by atoms with Gasteiger partial charge in [0.15, 0.2) is 0 Å². The number of aromatic nitrogens is 3. The predicted molar refractivity (Wildman–Crippen MR) is 82.9 cm³/mol. The van der Waals surface area contributed by atoms with E-state index in [1.165, 1.54) is 7.11 Å². The molecule has 0 aliphatic carbocycles. The zero-order valence-electron chi connectivity index (χ0n) is 12.4. The van der Waals surface area contributed by atoms with E-state index in [0.29, 0.717) is 5.56 Å². The maximum Gasteiger partial charge on any atom is 0.337 e. The van der Waals surface area contributed by atoms with Crippen LogP contribution in [0, 0.1) is 6.92 Å². The number of benzene rings is 1. The molecule has 0 saturated carbocycles. The quantitative estimate of drug-likeness (QED) is 0.696. The minimum Gasteiger partial charge on any atom is -0.465 e. The van der Waals surface area contributed by atoms with E-state index < -0.39 is 0 Å². The van der Waals surface area contributed by atoms with E-state index in [2.05, 4.69) is 10.1 Å². The van der Waals surface area contributed by atoms with Gasteiger partial charge in [-0.1, -0.05) is 6.07 Å². The second kappa shape index (κ2) is 5.81. The largest absolute Gasteiger partial charge is 0.465 e. The monoisotopic (exact) mass is 293 g/mol. The van der Waals surface area contributed by atoms with Crippen molar-refractivity contribution in [2.75, 3.05) is 7.11 Å². The normalized spacial score (nSPS) is 10.5. The highest BCUT2D eigenvalue weighted by Crippen LogP contribution is 2.20. The fourth-order valence-corrected chi connectivity index (χ4v) is 2.23. The number of methoxy groups -OCH3 is 1. The molecule has 0 atom stereocenters. The van der Waals surface area contributed by atoms with Gasteiger partial charge in [-0.25, -0.2) is 9.48 Å². The number of rotatable bonds is 3. The molecule has 5 heteroatoms. The zero-order valence-corrected chi connectivity index (χ0v) is 12.4. The van der Waals surface area contributed by atoms with Crippen LogP contribution >= 0.6 is 0 Å². The lowest BCUT2D eigenvalue weighted by Gasteiger charge is -2.08. The molecule has 110 valence electrons. The first-order valence-corrected chi connectivity index (χ1v) is 6.84. The van der Waals surface area contributed by atoms with E-state index >= 15 is 0 Å². The Kier molecular flexibility index (Phi) is 3.70. The molecule has 1 aromatic carbocycles. The molecule has 0 N–H and O–H groups in total. The number of nitrogens with zero attached hydrogens (tertiary/aromatic N) is 3. The summed E-state index contributed by atoms with van der Waals surface area (Å²) in [6.45, 7) is 1.97. The number of pyridine rings is 1. The number of aryl methyl sites for hydroxylation is 1. The Morgan fingerprint density at radius 2 is 2.09 bits per heavy atom. The fraction of sp³-hybridized carbons (Fsp3) is 0.118. The molecule has 0 fully saturated rings. The Bertz CT molecular complexity index is 810. The molecule has 0 amide bonds. The first-order chi connectivity index (χ1) is 10.7. The minimum atomic E-state index is -0.360. The molecule has 0 unspecified atom stereocenters. The topological polar surface area (TPSA) is 57.0 Å². The third-order valence-electron chi connectivity index (χ3n) is 3.42. The van der Waals surface area contributed by atoms with Gasteiger partial charge < -0.3 is 4.74 Å². The minimum absolute atomic E-state index is 0.360. The summed E-state index contributed by atoms with van der Waals surface area (Å²) in [5.74, 6) is -0.360. The van der Waals surface area contributed by atoms with Crippen molar-refractivity contribution in [2.45, 2.75) is 6.92 Å². The summed E-state index contributed by atoms with van der Waals surface area (Å²) in [4.78, 5) is 15.8. The smallest absolute Gasteiger partial charge is 0.337 e. The van der Waals surface area contributed by atoms with Crippen LogP contribution in [0.2, 0.25) is 0 Å². The maximum atomic E-state index is 11.7. The van der Waals surface area contributed by atoms with Gasteiger partial charge in [-0.3, -0.25) is 4.98 Å². The highest BCUT2D eigenvalue weighted by atomic mass is 16.5. The molecule has 0 bridgehead atoms. The fourth-order valence-electron chi connectivity index (χ4n) is 2.23. The highest BCUT2D eigenvalue weighted by molar-refractivity contribution is 5.90. The van der Waals surface area contributed by atoms with E-state index in [9.17, 15) is 4.79 Å². The lowest BCUT2D eigenvalue weighted by atomic mass is 10.1. The van der Waals surface area contributed by atoms with Crippen LogP contribution in [0.25, 0.3) is 16.9 Å². The van der Waals surface area contributed by atoms with Crippen LogP contribution < -0.4 is 0 Å². The van der Waals surface area contributed by atoms with Gasteiger partial charge >= 0.3 is 5.97 Å². The van der Waals surface area contributed by atoms with Crippen LogP contribution in [0.4, 0.5) is 0 Å². The lowest BCUT2D eigenvalue weighted by molar-refractivity contribution is 0.0600. The Morgan fingerprint density at radius 1 is 1.23 bits per heavy atom. The van der Waals surface area contributed by atoms with Crippen LogP contribution in [0.15, 0.2) is 55.0 Å². The van der Waals surface area contributed by atoms with E-state index in [1.807, 2.05) is 37.4 Å². The number of ether oxygens (including phenoxy) is 1. The van der Waals surface area contributed by atoms with E-state index in [0.717, 1.165) is 22.5 Å². The number of carbonyl (C=O) groups is 1.